The summed E-state index contributed by atoms with van der Waals surface area (Å²) in [6, 6.07) is 14.4. The number of rotatable bonds is 11. The second kappa shape index (κ2) is 13.3. The van der Waals surface area contributed by atoms with Gasteiger partial charge in [0.05, 0.1) is 27.4 Å². The summed E-state index contributed by atoms with van der Waals surface area (Å²) in [4.78, 5) is 37.9. The number of ether oxygens (including phenoxy) is 4. The maximum Gasteiger partial charge on any atom is 0.408 e. The van der Waals surface area contributed by atoms with E-state index in [9.17, 15) is 14.4 Å². The van der Waals surface area contributed by atoms with Crippen molar-refractivity contribution in [2.45, 2.75) is 51.5 Å². The van der Waals surface area contributed by atoms with Crippen LogP contribution in [-0.2, 0) is 36.8 Å². The van der Waals surface area contributed by atoms with E-state index in [0.29, 0.717) is 5.75 Å². The monoisotopic (exact) mass is 486 g/mol. The van der Waals surface area contributed by atoms with Crippen molar-refractivity contribution in [2.24, 2.45) is 0 Å². The fourth-order valence-corrected chi connectivity index (χ4v) is 3.11. The van der Waals surface area contributed by atoms with Crippen molar-refractivity contribution in [2.75, 3.05) is 20.8 Å². The van der Waals surface area contributed by atoms with Crippen LogP contribution in [0, 0.1) is 0 Å². The van der Waals surface area contributed by atoms with Gasteiger partial charge in [0.1, 0.15) is 23.4 Å². The van der Waals surface area contributed by atoms with E-state index >= 15 is 0 Å². The number of methoxy groups -OCH3 is 2. The molecule has 0 spiro atoms. The highest BCUT2D eigenvalue weighted by Crippen LogP contribution is 2.13. The van der Waals surface area contributed by atoms with Gasteiger partial charge in [0.15, 0.2) is 0 Å². The Bertz CT molecular complexity index is 956. The summed E-state index contributed by atoms with van der Waals surface area (Å²) in [5, 5.41) is 5.20. The second-order valence-electron chi connectivity index (χ2n) is 8.84. The molecular weight excluding hydrogens is 452 g/mol. The van der Waals surface area contributed by atoms with Crippen LogP contribution < -0.4 is 15.4 Å². The van der Waals surface area contributed by atoms with Crippen LogP contribution in [0.2, 0.25) is 0 Å². The number of esters is 1. The lowest BCUT2D eigenvalue weighted by Crippen LogP contribution is -2.54. The largest absolute Gasteiger partial charge is 0.497 e. The van der Waals surface area contributed by atoms with Crippen molar-refractivity contribution < 1.29 is 33.3 Å². The Kier molecular flexibility index (Phi) is 10.5. The highest BCUT2D eigenvalue weighted by atomic mass is 16.6. The second-order valence-corrected chi connectivity index (χ2v) is 8.84. The Hall–Kier alpha value is -3.59. The molecule has 2 rings (SSSR count). The third-order valence-electron chi connectivity index (χ3n) is 4.80. The molecule has 0 aromatic heterocycles. The van der Waals surface area contributed by atoms with Crippen LogP contribution >= 0.6 is 0 Å². The van der Waals surface area contributed by atoms with E-state index in [1.165, 1.54) is 7.11 Å². The first-order valence-electron chi connectivity index (χ1n) is 11.2. The maximum atomic E-state index is 13.1. The molecule has 2 N–H and O–H groups in total. The van der Waals surface area contributed by atoms with Crippen molar-refractivity contribution >= 4 is 18.0 Å². The Labute approximate surface area is 206 Å². The summed E-state index contributed by atoms with van der Waals surface area (Å²) >= 11 is 0. The molecule has 0 heterocycles. The Morgan fingerprint density at radius 3 is 2.09 bits per heavy atom. The summed E-state index contributed by atoms with van der Waals surface area (Å²) in [5.74, 6) is -0.548. The fraction of sp³-hybridized carbons (Fsp3) is 0.423. The third kappa shape index (κ3) is 10.1. The van der Waals surface area contributed by atoms with Gasteiger partial charge in [-0.2, -0.15) is 0 Å². The van der Waals surface area contributed by atoms with E-state index in [2.05, 4.69) is 10.6 Å². The Morgan fingerprint density at radius 1 is 0.857 bits per heavy atom. The van der Waals surface area contributed by atoms with E-state index in [4.69, 9.17) is 18.9 Å². The summed E-state index contributed by atoms with van der Waals surface area (Å²) < 4.78 is 21.0. The number of nitrogens with one attached hydrogen (secondary N) is 2. The predicted octanol–water partition coefficient (Wildman–Crippen LogP) is 3.01. The van der Waals surface area contributed by atoms with E-state index < -0.39 is 35.7 Å². The average molecular weight is 487 g/mol. The predicted molar refractivity (Wildman–Crippen MR) is 130 cm³/mol. The first kappa shape index (κ1) is 27.7. The summed E-state index contributed by atoms with van der Waals surface area (Å²) in [5.41, 5.74) is 0.952. The quantitative estimate of drug-likeness (QED) is 0.470. The van der Waals surface area contributed by atoms with Crippen LogP contribution in [0.15, 0.2) is 54.6 Å². The minimum absolute atomic E-state index is 0.129. The van der Waals surface area contributed by atoms with Gasteiger partial charge in [0.2, 0.25) is 5.91 Å². The zero-order chi connectivity index (χ0) is 25.8. The Balaban J connectivity index is 2.11. The van der Waals surface area contributed by atoms with Crippen molar-refractivity contribution in [1.29, 1.82) is 0 Å². The van der Waals surface area contributed by atoms with Gasteiger partial charge in [-0.1, -0.05) is 42.5 Å². The molecule has 35 heavy (non-hydrogen) atoms. The van der Waals surface area contributed by atoms with Gasteiger partial charge >= 0.3 is 12.1 Å². The fourth-order valence-electron chi connectivity index (χ4n) is 3.11. The van der Waals surface area contributed by atoms with Gasteiger partial charge in [0.25, 0.3) is 0 Å². The smallest absolute Gasteiger partial charge is 0.408 e. The minimum Gasteiger partial charge on any atom is -0.497 e. The van der Waals surface area contributed by atoms with Crippen LogP contribution in [0.5, 0.6) is 5.75 Å². The first-order chi connectivity index (χ1) is 16.6. The van der Waals surface area contributed by atoms with Crippen LogP contribution in [0.1, 0.15) is 31.9 Å². The van der Waals surface area contributed by atoms with Gasteiger partial charge in [-0.3, -0.25) is 4.79 Å². The highest BCUT2D eigenvalue weighted by molar-refractivity contribution is 5.90. The topological polar surface area (TPSA) is 112 Å². The SMILES string of the molecule is COC(=O)C(Cc1ccc(OC)cc1)NC(=O)C(COCc1ccccc1)NC(=O)OC(C)(C)C. The summed E-state index contributed by atoms with van der Waals surface area (Å²) in [6.45, 7) is 5.27. The lowest BCUT2D eigenvalue weighted by molar-refractivity contribution is -0.145. The maximum absolute atomic E-state index is 13.1. The number of carbonyl (C=O) groups excluding carboxylic acids is 3. The number of carbonyl (C=O) groups is 3. The van der Waals surface area contributed by atoms with Crippen molar-refractivity contribution in [1.82, 2.24) is 10.6 Å². The van der Waals surface area contributed by atoms with Gasteiger partial charge < -0.3 is 29.6 Å². The first-order valence-corrected chi connectivity index (χ1v) is 11.2. The normalized spacial score (nSPS) is 12.7. The molecule has 0 saturated heterocycles. The van der Waals surface area contributed by atoms with Gasteiger partial charge in [0, 0.05) is 6.42 Å². The van der Waals surface area contributed by atoms with Crippen molar-refractivity contribution in [3.05, 3.63) is 65.7 Å². The standard InChI is InChI=1S/C26H34N2O7/c1-26(2,3)35-25(31)28-22(17-34-16-19-9-7-6-8-10-19)23(29)27-21(24(30)33-5)15-18-11-13-20(32-4)14-12-18/h6-14,21-22H,15-17H2,1-5H3,(H,27,29)(H,28,31). The van der Waals surface area contributed by atoms with E-state index in [0.717, 1.165) is 11.1 Å². The molecule has 0 aliphatic heterocycles. The zero-order valence-electron chi connectivity index (χ0n) is 20.8. The number of hydrogen-bond acceptors (Lipinski definition) is 7. The molecule has 0 bridgehead atoms. The zero-order valence-corrected chi connectivity index (χ0v) is 20.8. The lowest BCUT2D eigenvalue weighted by Gasteiger charge is -2.25. The van der Waals surface area contributed by atoms with E-state index in [-0.39, 0.29) is 19.6 Å². The molecule has 9 nitrogen and oxygen atoms in total. The van der Waals surface area contributed by atoms with Crippen molar-refractivity contribution in [3.8, 4) is 5.75 Å². The molecule has 0 radical (unpaired) electrons. The molecular formula is C26H34N2O7. The van der Waals surface area contributed by atoms with Crippen LogP contribution in [-0.4, -0.2) is 56.5 Å². The highest BCUT2D eigenvalue weighted by Gasteiger charge is 2.29. The molecule has 9 heteroatoms. The molecule has 0 aliphatic carbocycles. The van der Waals surface area contributed by atoms with E-state index in [1.807, 2.05) is 30.3 Å². The third-order valence-corrected chi connectivity index (χ3v) is 4.80. The summed E-state index contributed by atoms with van der Waals surface area (Å²) in [7, 11) is 2.80. The van der Waals surface area contributed by atoms with Crippen molar-refractivity contribution in [3.63, 3.8) is 0 Å². The van der Waals surface area contributed by atoms with Gasteiger partial charge in [-0.25, -0.2) is 9.59 Å². The number of hydrogen-bond donors (Lipinski definition) is 2. The Morgan fingerprint density at radius 2 is 1.51 bits per heavy atom. The molecule has 2 unspecified atom stereocenters. The molecule has 190 valence electrons. The average Bonchev–Trinajstić information content (AvgIpc) is 2.82. The molecule has 2 aromatic carbocycles. The number of alkyl carbamates (subject to hydrolysis) is 1. The number of benzene rings is 2. The van der Waals surface area contributed by atoms with Crippen LogP contribution in [0.25, 0.3) is 0 Å². The van der Waals surface area contributed by atoms with Gasteiger partial charge in [-0.05, 0) is 44.0 Å². The minimum atomic E-state index is -1.10. The lowest BCUT2D eigenvalue weighted by atomic mass is 10.1. The molecule has 0 saturated carbocycles. The number of amides is 2. The molecule has 0 aliphatic rings. The molecule has 2 atom stereocenters. The van der Waals surface area contributed by atoms with Crippen LogP contribution in [0.4, 0.5) is 4.79 Å². The molecule has 2 amide bonds. The molecule has 0 fully saturated rings. The van der Waals surface area contributed by atoms with E-state index in [1.54, 1.807) is 52.1 Å². The van der Waals surface area contributed by atoms with Gasteiger partial charge in [-0.15, -0.1) is 0 Å². The molecule has 2 aromatic rings. The van der Waals surface area contributed by atoms with Crippen LogP contribution in [0.3, 0.4) is 0 Å². The summed E-state index contributed by atoms with van der Waals surface area (Å²) in [6.07, 6.45) is -0.586.